The van der Waals surface area contributed by atoms with E-state index in [-0.39, 0.29) is 22.8 Å². The third kappa shape index (κ3) is 4.58. The number of halogens is 4. The molecule has 0 bridgehead atoms. The lowest BCUT2D eigenvalue weighted by Gasteiger charge is -2.38. The summed E-state index contributed by atoms with van der Waals surface area (Å²) in [6.07, 6.45) is -0.529. The maximum atomic E-state index is 13.3. The average Bonchev–Trinajstić information content (AvgIpc) is 3.28. The SMILES string of the molecule is O=C(C1CCN(c2ncc(C(F)(F)F)cc2Cl)CC1)N1CCCC(c2nc3ccccc3[nH]2)C1. The number of aromatic nitrogens is 3. The second kappa shape index (κ2) is 9.09. The number of carbonyl (C=O) groups excluding carboxylic acids is 1. The Morgan fingerprint density at radius 1 is 1.12 bits per heavy atom. The fourth-order valence-electron chi connectivity index (χ4n) is 4.98. The number of piperidine rings is 2. The smallest absolute Gasteiger partial charge is 0.355 e. The van der Waals surface area contributed by atoms with E-state index in [2.05, 4.69) is 9.97 Å². The van der Waals surface area contributed by atoms with Gasteiger partial charge in [-0.1, -0.05) is 23.7 Å². The van der Waals surface area contributed by atoms with Crippen LogP contribution in [0.25, 0.3) is 11.0 Å². The number of rotatable bonds is 3. The number of anilines is 1. The number of benzene rings is 1. The van der Waals surface area contributed by atoms with Crippen LogP contribution in [-0.4, -0.2) is 51.9 Å². The Morgan fingerprint density at radius 3 is 2.59 bits per heavy atom. The molecule has 34 heavy (non-hydrogen) atoms. The molecule has 6 nitrogen and oxygen atoms in total. The van der Waals surface area contributed by atoms with Gasteiger partial charge < -0.3 is 14.8 Å². The quantitative estimate of drug-likeness (QED) is 0.543. The van der Waals surface area contributed by atoms with E-state index in [1.165, 1.54) is 0 Å². The number of nitrogens with one attached hydrogen (secondary N) is 1. The summed E-state index contributed by atoms with van der Waals surface area (Å²) in [4.78, 5) is 29.2. The van der Waals surface area contributed by atoms with Crippen molar-refractivity contribution < 1.29 is 18.0 Å². The normalized spacial score (nSPS) is 20.2. The Bertz CT molecular complexity index is 1160. The van der Waals surface area contributed by atoms with Crippen molar-refractivity contribution in [2.75, 3.05) is 31.1 Å². The van der Waals surface area contributed by atoms with Crippen LogP contribution in [0.15, 0.2) is 36.5 Å². The molecule has 1 unspecified atom stereocenters. The summed E-state index contributed by atoms with van der Waals surface area (Å²) in [7, 11) is 0. The largest absolute Gasteiger partial charge is 0.417 e. The molecule has 2 aliphatic rings. The number of hydrogen-bond acceptors (Lipinski definition) is 4. The summed E-state index contributed by atoms with van der Waals surface area (Å²) in [5.41, 5.74) is 1.07. The van der Waals surface area contributed by atoms with Gasteiger partial charge in [0, 0.05) is 44.2 Å². The van der Waals surface area contributed by atoms with Gasteiger partial charge in [0.1, 0.15) is 11.6 Å². The summed E-state index contributed by atoms with van der Waals surface area (Å²) in [5, 5.41) is -0.0238. The van der Waals surface area contributed by atoms with Crippen molar-refractivity contribution in [2.24, 2.45) is 5.92 Å². The maximum absolute atomic E-state index is 13.3. The Balaban J connectivity index is 1.21. The molecule has 1 N–H and O–H groups in total. The number of pyridine rings is 1. The number of aromatic amines is 1. The van der Waals surface area contributed by atoms with Gasteiger partial charge in [-0.2, -0.15) is 13.2 Å². The number of likely N-dealkylation sites (tertiary alicyclic amines) is 1. The van der Waals surface area contributed by atoms with E-state index >= 15 is 0 Å². The van der Waals surface area contributed by atoms with E-state index in [1.807, 2.05) is 34.1 Å². The van der Waals surface area contributed by atoms with Crippen LogP contribution < -0.4 is 4.90 Å². The summed E-state index contributed by atoms with van der Waals surface area (Å²) in [6, 6.07) is 8.83. The fraction of sp³-hybridized carbons (Fsp3) is 0.458. The average molecular weight is 492 g/mol. The van der Waals surface area contributed by atoms with Gasteiger partial charge in [0.05, 0.1) is 21.6 Å². The van der Waals surface area contributed by atoms with Crippen LogP contribution in [0.5, 0.6) is 0 Å². The van der Waals surface area contributed by atoms with Crippen molar-refractivity contribution in [1.29, 1.82) is 0 Å². The first-order valence-electron chi connectivity index (χ1n) is 11.5. The van der Waals surface area contributed by atoms with Crippen molar-refractivity contribution in [3.63, 3.8) is 0 Å². The molecule has 2 saturated heterocycles. The number of nitrogens with zero attached hydrogens (tertiary/aromatic N) is 4. The highest BCUT2D eigenvalue weighted by atomic mass is 35.5. The zero-order chi connectivity index (χ0) is 23.9. The van der Waals surface area contributed by atoms with Crippen molar-refractivity contribution in [3.8, 4) is 0 Å². The highest BCUT2D eigenvalue weighted by Gasteiger charge is 2.35. The lowest BCUT2D eigenvalue weighted by atomic mass is 9.92. The Morgan fingerprint density at radius 2 is 1.88 bits per heavy atom. The van der Waals surface area contributed by atoms with Crippen LogP contribution in [0.4, 0.5) is 19.0 Å². The number of carbonyl (C=O) groups is 1. The zero-order valence-electron chi connectivity index (χ0n) is 18.5. The van der Waals surface area contributed by atoms with Gasteiger partial charge in [0.25, 0.3) is 0 Å². The van der Waals surface area contributed by atoms with Gasteiger partial charge in [-0.25, -0.2) is 9.97 Å². The molecular formula is C24H25ClF3N5O. The van der Waals surface area contributed by atoms with Crippen LogP contribution in [-0.2, 0) is 11.0 Å². The van der Waals surface area contributed by atoms with Crippen LogP contribution in [0.2, 0.25) is 5.02 Å². The van der Waals surface area contributed by atoms with E-state index in [1.54, 1.807) is 0 Å². The monoisotopic (exact) mass is 491 g/mol. The predicted molar refractivity (Wildman–Crippen MR) is 124 cm³/mol. The second-order valence-electron chi connectivity index (χ2n) is 9.05. The van der Waals surface area contributed by atoms with Crippen LogP contribution >= 0.6 is 11.6 Å². The molecule has 2 aromatic heterocycles. The molecular weight excluding hydrogens is 467 g/mol. The highest BCUT2D eigenvalue weighted by molar-refractivity contribution is 6.33. The van der Waals surface area contributed by atoms with Crippen LogP contribution in [0.3, 0.4) is 0 Å². The number of imidazole rings is 1. The van der Waals surface area contributed by atoms with E-state index in [0.717, 1.165) is 48.5 Å². The standard InChI is InChI=1S/C24H25ClF3N5O/c25-18-12-17(24(26,27)28)13-29-22(18)32-10-7-15(8-11-32)23(34)33-9-3-4-16(14-33)21-30-19-5-1-2-6-20(19)31-21/h1-2,5-6,12-13,15-16H,3-4,7-11,14H2,(H,30,31). The van der Waals surface area contributed by atoms with Gasteiger partial charge in [-0.15, -0.1) is 0 Å². The zero-order valence-corrected chi connectivity index (χ0v) is 19.2. The molecule has 2 fully saturated rings. The number of amides is 1. The molecule has 0 spiro atoms. The number of fused-ring (bicyclic) bond motifs is 1. The molecule has 1 amide bonds. The Hall–Kier alpha value is -2.81. The van der Waals surface area contributed by atoms with Gasteiger partial charge in [-0.05, 0) is 43.9 Å². The summed E-state index contributed by atoms with van der Waals surface area (Å²) < 4.78 is 38.7. The summed E-state index contributed by atoms with van der Waals surface area (Å²) >= 11 is 6.10. The van der Waals surface area contributed by atoms with Crippen molar-refractivity contribution >= 4 is 34.4 Å². The first-order valence-corrected chi connectivity index (χ1v) is 11.9. The van der Waals surface area contributed by atoms with Gasteiger partial charge in [0.15, 0.2) is 0 Å². The third-order valence-electron chi connectivity index (χ3n) is 6.82. The fourth-order valence-corrected chi connectivity index (χ4v) is 5.27. The van der Waals surface area contributed by atoms with Gasteiger partial charge in [0.2, 0.25) is 5.91 Å². The van der Waals surface area contributed by atoms with E-state index in [9.17, 15) is 18.0 Å². The molecule has 0 saturated carbocycles. The van der Waals surface area contributed by atoms with E-state index in [0.29, 0.717) is 38.3 Å². The maximum Gasteiger partial charge on any atom is 0.417 e. The van der Waals surface area contributed by atoms with Gasteiger partial charge >= 0.3 is 6.18 Å². The molecule has 180 valence electrons. The summed E-state index contributed by atoms with van der Waals surface area (Å²) in [5.74, 6) is 1.48. The van der Waals surface area contributed by atoms with Crippen molar-refractivity contribution in [2.45, 2.75) is 37.8 Å². The molecule has 1 aromatic carbocycles. The lowest BCUT2D eigenvalue weighted by molar-refractivity contribution is -0.138. The number of para-hydroxylation sites is 2. The topological polar surface area (TPSA) is 65.1 Å². The Labute approximate surface area is 200 Å². The highest BCUT2D eigenvalue weighted by Crippen LogP contribution is 2.35. The first kappa shape index (κ1) is 23.0. The van der Waals surface area contributed by atoms with Gasteiger partial charge in [-0.3, -0.25) is 4.79 Å². The molecule has 10 heteroatoms. The van der Waals surface area contributed by atoms with E-state index in [4.69, 9.17) is 16.6 Å². The van der Waals surface area contributed by atoms with Crippen LogP contribution in [0, 0.1) is 5.92 Å². The minimum atomic E-state index is -4.48. The van der Waals surface area contributed by atoms with Crippen molar-refractivity contribution in [3.05, 3.63) is 52.9 Å². The first-order chi connectivity index (χ1) is 16.3. The molecule has 2 aliphatic heterocycles. The van der Waals surface area contributed by atoms with Crippen LogP contribution in [0.1, 0.15) is 43.0 Å². The Kier molecular flexibility index (Phi) is 6.14. The summed E-state index contributed by atoms with van der Waals surface area (Å²) in [6.45, 7) is 2.43. The third-order valence-corrected chi connectivity index (χ3v) is 7.10. The number of H-pyrrole nitrogens is 1. The molecule has 1 atom stereocenters. The minimum absolute atomic E-state index is 0.0238. The number of hydrogen-bond donors (Lipinski definition) is 1. The number of alkyl halides is 3. The lowest BCUT2D eigenvalue weighted by Crippen LogP contribution is -2.46. The molecule has 4 heterocycles. The molecule has 0 radical (unpaired) electrons. The molecule has 3 aromatic rings. The molecule has 5 rings (SSSR count). The molecule has 0 aliphatic carbocycles. The minimum Gasteiger partial charge on any atom is -0.355 e. The predicted octanol–water partition coefficient (Wildman–Crippen LogP) is 5.25. The van der Waals surface area contributed by atoms with E-state index < -0.39 is 11.7 Å². The van der Waals surface area contributed by atoms with Crippen molar-refractivity contribution in [1.82, 2.24) is 19.9 Å². The second-order valence-corrected chi connectivity index (χ2v) is 9.46.